The zero-order valence-electron chi connectivity index (χ0n) is 9.25. The summed E-state index contributed by atoms with van der Waals surface area (Å²) in [6, 6.07) is 1.74. The summed E-state index contributed by atoms with van der Waals surface area (Å²) in [4.78, 5) is 0. The van der Waals surface area contributed by atoms with Crippen LogP contribution in [0.4, 0.5) is 13.2 Å². The molecule has 96 valence electrons. The molecule has 1 aromatic carbocycles. The Labute approximate surface area is 96.8 Å². The number of benzene rings is 1. The molecular weight excluding hydrogens is 237 g/mol. The van der Waals surface area contributed by atoms with Gasteiger partial charge in [0.2, 0.25) is 0 Å². The van der Waals surface area contributed by atoms with Crippen molar-refractivity contribution in [1.82, 2.24) is 0 Å². The van der Waals surface area contributed by atoms with Gasteiger partial charge in [0, 0.05) is 12.7 Å². The Morgan fingerprint density at radius 3 is 2.53 bits per heavy atom. The molecule has 0 fully saturated rings. The molecule has 0 heterocycles. The van der Waals surface area contributed by atoms with Crippen LogP contribution in [-0.4, -0.2) is 32.0 Å². The maximum Gasteiger partial charge on any atom is 0.194 e. The van der Waals surface area contributed by atoms with Gasteiger partial charge in [0.05, 0.1) is 19.8 Å². The third-order valence-electron chi connectivity index (χ3n) is 2.13. The monoisotopic (exact) mass is 250 g/mol. The summed E-state index contributed by atoms with van der Waals surface area (Å²) in [7, 11) is 1.48. The van der Waals surface area contributed by atoms with Crippen molar-refractivity contribution in [3.63, 3.8) is 0 Å². The van der Waals surface area contributed by atoms with Crippen LogP contribution in [0.25, 0.3) is 0 Å². The van der Waals surface area contributed by atoms with Gasteiger partial charge in [-0.2, -0.15) is 0 Å². The van der Waals surface area contributed by atoms with E-state index >= 15 is 0 Å². The van der Waals surface area contributed by atoms with Crippen LogP contribution < -0.4 is 0 Å². The van der Waals surface area contributed by atoms with E-state index in [-0.39, 0.29) is 18.8 Å². The van der Waals surface area contributed by atoms with Gasteiger partial charge in [-0.15, -0.1) is 0 Å². The molecule has 0 aliphatic rings. The second-order valence-corrected chi connectivity index (χ2v) is 3.35. The van der Waals surface area contributed by atoms with E-state index in [1.54, 1.807) is 0 Å². The van der Waals surface area contributed by atoms with E-state index in [0.29, 0.717) is 6.61 Å². The van der Waals surface area contributed by atoms with Crippen LogP contribution >= 0.6 is 0 Å². The van der Waals surface area contributed by atoms with Crippen molar-refractivity contribution in [2.75, 3.05) is 26.9 Å². The fraction of sp³-hybridized carbons (Fsp3) is 0.455. The molecule has 1 atom stereocenters. The minimum Gasteiger partial charge on any atom is -0.386 e. The Morgan fingerprint density at radius 1 is 1.18 bits per heavy atom. The van der Waals surface area contributed by atoms with Gasteiger partial charge in [-0.3, -0.25) is 0 Å². The first-order valence-electron chi connectivity index (χ1n) is 4.96. The molecule has 6 heteroatoms. The van der Waals surface area contributed by atoms with Gasteiger partial charge in [0.25, 0.3) is 0 Å². The molecule has 3 nitrogen and oxygen atoms in total. The first kappa shape index (κ1) is 14.0. The molecule has 17 heavy (non-hydrogen) atoms. The minimum atomic E-state index is -1.60. The number of aliphatic hydroxyl groups is 1. The number of ether oxygens (including phenoxy) is 2. The summed E-state index contributed by atoms with van der Waals surface area (Å²) in [6.45, 7) is 0.331. The van der Waals surface area contributed by atoms with Crippen LogP contribution in [0.1, 0.15) is 11.7 Å². The maximum atomic E-state index is 13.2. The maximum absolute atomic E-state index is 13.2. The molecule has 0 bridgehead atoms. The summed E-state index contributed by atoms with van der Waals surface area (Å²) in [5, 5.41) is 9.52. The van der Waals surface area contributed by atoms with Crippen LogP contribution in [0.2, 0.25) is 0 Å². The van der Waals surface area contributed by atoms with Crippen molar-refractivity contribution in [2.45, 2.75) is 6.10 Å². The highest BCUT2D eigenvalue weighted by atomic mass is 19.2. The normalized spacial score (nSPS) is 12.8. The Kier molecular flexibility index (Phi) is 5.40. The van der Waals surface area contributed by atoms with Gasteiger partial charge in [0.15, 0.2) is 17.5 Å². The van der Waals surface area contributed by atoms with Crippen molar-refractivity contribution in [2.24, 2.45) is 0 Å². The highest BCUT2D eigenvalue weighted by Crippen LogP contribution is 2.21. The zero-order chi connectivity index (χ0) is 12.8. The van der Waals surface area contributed by atoms with Crippen molar-refractivity contribution in [3.8, 4) is 0 Å². The van der Waals surface area contributed by atoms with Crippen LogP contribution in [0.15, 0.2) is 12.1 Å². The van der Waals surface area contributed by atoms with E-state index in [1.165, 1.54) is 7.11 Å². The summed E-state index contributed by atoms with van der Waals surface area (Å²) < 4.78 is 48.4. The lowest BCUT2D eigenvalue weighted by Crippen LogP contribution is -2.13. The third-order valence-corrected chi connectivity index (χ3v) is 2.13. The van der Waals surface area contributed by atoms with E-state index in [4.69, 9.17) is 9.47 Å². The molecular formula is C11H13F3O3. The molecule has 0 aromatic heterocycles. The predicted octanol–water partition coefficient (Wildman–Crippen LogP) is 1.80. The minimum absolute atomic E-state index is 0.217. The van der Waals surface area contributed by atoms with Crippen molar-refractivity contribution in [3.05, 3.63) is 35.1 Å². The average molecular weight is 250 g/mol. The van der Waals surface area contributed by atoms with Gasteiger partial charge >= 0.3 is 0 Å². The first-order valence-corrected chi connectivity index (χ1v) is 4.96. The summed E-state index contributed by atoms with van der Waals surface area (Å²) in [5.41, 5.74) is -0.332. The second-order valence-electron chi connectivity index (χ2n) is 3.35. The number of hydrogen-bond acceptors (Lipinski definition) is 3. The van der Waals surface area contributed by atoms with Gasteiger partial charge in [0.1, 0.15) is 6.10 Å². The lowest BCUT2D eigenvalue weighted by molar-refractivity contribution is 0.0111. The molecule has 0 saturated heterocycles. The van der Waals surface area contributed by atoms with E-state index in [2.05, 4.69) is 0 Å². The molecule has 0 spiro atoms. The summed E-state index contributed by atoms with van der Waals surface area (Å²) in [5.74, 6) is -4.29. The van der Waals surface area contributed by atoms with Gasteiger partial charge in [-0.1, -0.05) is 6.07 Å². The Hall–Kier alpha value is -1.11. The van der Waals surface area contributed by atoms with Crippen LogP contribution in [0, 0.1) is 17.5 Å². The van der Waals surface area contributed by atoms with Crippen molar-refractivity contribution < 1.29 is 27.8 Å². The molecule has 0 aliphatic heterocycles. The standard InChI is InChI=1S/C11H13F3O3/c1-16-4-5-17-6-9(15)7-2-3-8(12)11(14)10(7)13/h2-3,9,15H,4-6H2,1H3. The smallest absolute Gasteiger partial charge is 0.194 e. The molecule has 1 unspecified atom stereocenters. The lowest BCUT2D eigenvalue weighted by Gasteiger charge is -2.12. The average Bonchev–Trinajstić information content (AvgIpc) is 2.31. The molecule has 0 radical (unpaired) electrons. The number of aliphatic hydroxyl groups excluding tert-OH is 1. The quantitative estimate of drug-likeness (QED) is 0.618. The molecule has 0 aliphatic carbocycles. The van der Waals surface area contributed by atoms with Gasteiger partial charge in [-0.25, -0.2) is 13.2 Å². The van der Waals surface area contributed by atoms with Gasteiger partial charge < -0.3 is 14.6 Å². The van der Waals surface area contributed by atoms with Crippen LogP contribution in [0.5, 0.6) is 0 Å². The largest absolute Gasteiger partial charge is 0.386 e. The van der Waals surface area contributed by atoms with Crippen LogP contribution in [-0.2, 0) is 9.47 Å². The third kappa shape index (κ3) is 3.69. The van der Waals surface area contributed by atoms with Crippen molar-refractivity contribution in [1.29, 1.82) is 0 Å². The highest BCUT2D eigenvalue weighted by Gasteiger charge is 2.19. The van der Waals surface area contributed by atoms with E-state index in [1.807, 2.05) is 0 Å². The Bertz CT molecular complexity index is 371. The molecule has 0 saturated carbocycles. The van der Waals surface area contributed by atoms with Gasteiger partial charge in [-0.05, 0) is 6.07 Å². The fourth-order valence-corrected chi connectivity index (χ4v) is 1.23. The zero-order valence-corrected chi connectivity index (χ0v) is 9.25. The van der Waals surface area contributed by atoms with E-state index in [0.717, 1.165) is 12.1 Å². The van der Waals surface area contributed by atoms with E-state index < -0.39 is 23.6 Å². The number of methoxy groups -OCH3 is 1. The SMILES string of the molecule is COCCOCC(O)c1ccc(F)c(F)c1F. The van der Waals surface area contributed by atoms with Crippen molar-refractivity contribution >= 4 is 0 Å². The fourth-order valence-electron chi connectivity index (χ4n) is 1.23. The lowest BCUT2D eigenvalue weighted by atomic mass is 10.1. The molecule has 1 rings (SSSR count). The molecule has 1 aromatic rings. The summed E-state index contributed by atoms with van der Waals surface area (Å²) in [6.07, 6.45) is -1.35. The number of halogens is 3. The van der Waals surface area contributed by atoms with E-state index in [9.17, 15) is 18.3 Å². The first-order chi connectivity index (χ1) is 8.07. The summed E-state index contributed by atoms with van der Waals surface area (Å²) >= 11 is 0. The molecule has 1 N–H and O–H groups in total. The van der Waals surface area contributed by atoms with Crippen LogP contribution in [0.3, 0.4) is 0 Å². The topological polar surface area (TPSA) is 38.7 Å². The highest BCUT2D eigenvalue weighted by molar-refractivity contribution is 5.22. The Morgan fingerprint density at radius 2 is 1.88 bits per heavy atom. The number of rotatable bonds is 6. The predicted molar refractivity (Wildman–Crippen MR) is 54.0 cm³/mol. The second kappa shape index (κ2) is 6.58. The molecule has 0 amide bonds. The Balaban J connectivity index is 2.63. The number of hydrogen-bond donors (Lipinski definition) is 1.